The molecule has 5 heteroatoms. The molecule has 1 saturated heterocycles. The molecule has 0 radical (unpaired) electrons. The molecule has 0 aromatic heterocycles. The molecule has 4 nitrogen and oxygen atoms in total. The fourth-order valence-corrected chi connectivity index (χ4v) is 3.59. The molecule has 1 aliphatic heterocycles. The van der Waals surface area contributed by atoms with E-state index in [0.717, 1.165) is 0 Å². The smallest absolute Gasteiger partial charge is 0.214 e. The van der Waals surface area contributed by atoms with E-state index in [9.17, 15) is 8.42 Å². The Hall–Kier alpha value is -0.130. The summed E-state index contributed by atoms with van der Waals surface area (Å²) < 4.78 is 24.2. The predicted molar refractivity (Wildman–Crippen MR) is 46.2 cm³/mol. The van der Waals surface area contributed by atoms with Crippen LogP contribution in [0.2, 0.25) is 0 Å². The van der Waals surface area contributed by atoms with Crippen LogP contribution in [0.1, 0.15) is 13.8 Å². The maximum atomic E-state index is 11.4. The molecule has 0 amide bonds. The average Bonchev–Trinajstić information content (AvgIpc) is 2.23. The van der Waals surface area contributed by atoms with Crippen molar-refractivity contribution in [1.82, 2.24) is 4.31 Å². The van der Waals surface area contributed by atoms with Gasteiger partial charge in [0.15, 0.2) is 0 Å². The fraction of sp³-hybridized carbons (Fsp3) is 1.00. The normalized spacial score (nSPS) is 32.1. The summed E-state index contributed by atoms with van der Waals surface area (Å²) in [5.41, 5.74) is 0. The minimum absolute atomic E-state index is 0.105. The van der Waals surface area contributed by atoms with E-state index in [1.54, 1.807) is 6.92 Å². The SMILES string of the molecule is CC1CN([C@H](C)CO)S(=O)(=O)C1. The summed E-state index contributed by atoms with van der Waals surface area (Å²) in [6.45, 7) is 4.06. The Morgan fingerprint density at radius 2 is 2.25 bits per heavy atom. The summed E-state index contributed by atoms with van der Waals surface area (Å²) >= 11 is 0. The summed E-state index contributed by atoms with van der Waals surface area (Å²) in [7, 11) is -3.07. The Morgan fingerprint density at radius 1 is 1.67 bits per heavy atom. The first-order valence-electron chi connectivity index (χ1n) is 4.07. The molecule has 12 heavy (non-hydrogen) atoms. The molecule has 0 aliphatic carbocycles. The Bertz CT molecular complexity index is 249. The first-order valence-corrected chi connectivity index (χ1v) is 5.68. The van der Waals surface area contributed by atoms with Crippen LogP contribution in [0.4, 0.5) is 0 Å². The molecule has 1 N–H and O–H groups in total. The number of rotatable bonds is 2. The van der Waals surface area contributed by atoms with Gasteiger partial charge >= 0.3 is 0 Å². The van der Waals surface area contributed by atoms with Crippen molar-refractivity contribution in [1.29, 1.82) is 0 Å². The van der Waals surface area contributed by atoms with E-state index < -0.39 is 10.0 Å². The Labute approximate surface area is 73.2 Å². The molecular weight excluding hydrogens is 178 g/mol. The number of aliphatic hydroxyl groups is 1. The molecule has 1 fully saturated rings. The van der Waals surface area contributed by atoms with Gasteiger partial charge in [0.1, 0.15) is 0 Å². The molecule has 1 unspecified atom stereocenters. The molecule has 0 saturated carbocycles. The Morgan fingerprint density at radius 3 is 2.58 bits per heavy atom. The van der Waals surface area contributed by atoms with Gasteiger partial charge in [-0.15, -0.1) is 0 Å². The van der Waals surface area contributed by atoms with Crippen molar-refractivity contribution >= 4 is 10.0 Å². The van der Waals surface area contributed by atoms with Gasteiger partial charge in [0.25, 0.3) is 0 Å². The lowest BCUT2D eigenvalue weighted by molar-refractivity contribution is 0.199. The molecule has 1 heterocycles. The summed E-state index contributed by atoms with van der Waals surface area (Å²) in [5, 5.41) is 8.81. The highest BCUT2D eigenvalue weighted by molar-refractivity contribution is 7.89. The first-order chi connectivity index (χ1) is 5.47. The van der Waals surface area contributed by atoms with E-state index in [0.29, 0.717) is 6.54 Å². The number of nitrogens with zero attached hydrogens (tertiary/aromatic N) is 1. The molecule has 2 atom stereocenters. The molecule has 0 aromatic carbocycles. The van der Waals surface area contributed by atoms with E-state index >= 15 is 0 Å². The molecule has 72 valence electrons. The highest BCUT2D eigenvalue weighted by atomic mass is 32.2. The summed E-state index contributed by atoms with van der Waals surface area (Å²) in [4.78, 5) is 0. The van der Waals surface area contributed by atoms with Crippen molar-refractivity contribution < 1.29 is 13.5 Å². The van der Waals surface area contributed by atoms with Crippen molar-refractivity contribution in [2.45, 2.75) is 19.9 Å². The first kappa shape index (κ1) is 9.95. The maximum absolute atomic E-state index is 11.4. The van der Waals surface area contributed by atoms with E-state index in [1.165, 1.54) is 4.31 Å². The summed E-state index contributed by atoms with van der Waals surface area (Å²) in [6.07, 6.45) is 0. The standard InChI is InChI=1S/C7H15NO3S/c1-6-3-8(7(2)4-9)12(10,11)5-6/h6-7,9H,3-5H2,1-2H3/t6?,7-/m1/s1. The van der Waals surface area contributed by atoms with Gasteiger partial charge in [0.05, 0.1) is 12.4 Å². The maximum Gasteiger partial charge on any atom is 0.214 e. The van der Waals surface area contributed by atoms with Crippen molar-refractivity contribution in [3.05, 3.63) is 0 Å². The number of aliphatic hydroxyl groups excluding tert-OH is 1. The van der Waals surface area contributed by atoms with Crippen LogP contribution in [-0.2, 0) is 10.0 Å². The number of hydrogen-bond donors (Lipinski definition) is 1. The summed E-state index contributed by atoms with van der Waals surface area (Å²) in [6, 6.07) is -0.278. The van der Waals surface area contributed by atoms with E-state index in [2.05, 4.69) is 0 Å². The highest BCUT2D eigenvalue weighted by Gasteiger charge is 2.36. The van der Waals surface area contributed by atoms with Crippen LogP contribution >= 0.6 is 0 Å². The van der Waals surface area contributed by atoms with Gasteiger partial charge in [0, 0.05) is 12.6 Å². The number of sulfonamides is 1. The average molecular weight is 193 g/mol. The highest BCUT2D eigenvalue weighted by Crippen LogP contribution is 2.21. The molecular formula is C7H15NO3S. The van der Waals surface area contributed by atoms with Gasteiger partial charge < -0.3 is 5.11 Å². The third-order valence-corrected chi connectivity index (χ3v) is 4.31. The van der Waals surface area contributed by atoms with Crippen molar-refractivity contribution in [2.24, 2.45) is 5.92 Å². The fourth-order valence-electron chi connectivity index (χ4n) is 1.47. The van der Waals surface area contributed by atoms with Gasteiger partial charge in [0.2, 0.25) is 10.0 Å². The minimum Gasteiger partial charge on any atom is -0.395 e. The zero-order valence-corrected chi connectivity index (χ0v) is 8.21. The van der Waals surface area contributed by atoms with Crippen molar-refractivity contribution in [3.8, 4) is 0 Å². The topological polar surface area (TPSA) is 57.6 Å². The molecule has 0 aromatic rings. The van der Waals surface area contributed by atoms with E-state index in [-0.39, 0.29) is 24.3 Å². The van der Waals surface area contributed by atoms with Crippen LogP contribution in [0.5, 0.6) is 0 Å². The van der Waals surface area contributed by atoms with Crippen LogP contribution < -0.4 is 0 Å². The summed E-state index contributed by atoms with van der Waals surface area (Å²) in [5.74, 6) is 0.404. The van der Waals surface area contributed by atoms with Crippen LogP contribution in [0.25, 0.3) is 0 Å². The largest absolute Gasteiger partial charge is 0.395 e. The second-order valence-corrected chi connectivity index (χ2v) is 5.45. The molecule has 0 bridgehead atoms. The second kappa shape index (κ2) is 3.32. The lowest BCUT2D eigenvalue weighted by Crippen LogP contribution is -2.37. The van der Waals surface area contributed by atoms with E-state index in [4.69, 9.17) is 5.11 Å². The van der Waals surface area contributed by atoms with E-state index in [1.807, 2.05) is 6.92 Å². The molecule has 0 spiro atoms. The van der Waals surface area contributed by atoms with Gasteiger partial charge in [-0.3, -0.25) is 0 Å². The lowest BCUT2D eigenvalue weighted by atomic mass is 10.2. The zero-order chi connectivity index (χ0) is 9.35. The van der Waals surface area contributed by atoms with Crippen LogP contribution in [0.3, 0.4) is 0 Å². The van der Waals surface area contributed by atoms with Crippen LogP contribution in [0.15, 0.2) is 0 Å². The predicted octanol–water partition coefficient (Wildman–Crippen LogP) is -0.351. The monoisotopic (exact) mass is 193 g/mol. The van der Waals surface area contributed by atoms with Gasteiger partial charge in [-0.05, 0) is 12.8 Å². The Kier molecular flexibility index (Phi) is 2.75. The molecule has 1 rings (SSSR count). The second-order valence-electron chi connectivity index (χ2n) is 3.49. The quantitative estimate of drug-likeness (QED) is 0.652. The zero-order valence-electron chi connectivity index (χ0n) is 7.40. The Balaban J connectivity index is 2.79. The van der Waals surface area contributed by atoms with Crippen LogP contribution in [-0.4, -0.2) is 42.8 Å². The van der Waals surface area contributed by atoms with Gasteiger partial charge in [-0.25, -0.2) is 8.42 Å². The third-order valence-electron chi connectivity index (χ3n) is 2.10. The molecule has 1 aliphatic rings. The lowest BCUT2D eigenvalue weighted by Gasteiger charge is -2.20. The van der Waals surface area contributed by atoms with Crippen molar-refractivity contribution in [2.75, 3.05) is 18.9 Å². The third kappa shape index (κ3) is 1.78. The number of hydrogen-bond acceptors (Lipinski definition) is 3. The van der Waals surface area contributed by atoms with Gasteiger partial charge in [-0.2, -0.15) is 4.31 Å². The van der Waals surface area contributed by atoms with Crippen LogP contribution in [0, 0.1) is 5.92 Å². The van der Waals surface area contributed by atoms with Crippen molar-refractivity contribution in [3.63, 3.8) is 0 Å². The minimum atomic E-state index is -3.07. The van der Waals surface area contributed by atoms with Gasteiger partial charge in [-0.1, -0.05) is 6.92 Å².